The van der Waals surface area contributed by atoms with Crippen LogP contribution in [0, 0.1) is 0 Å². The van der Waals surface area contributed by atoms with Gasteiger partial charge in [0, 0.05) is 31.0 Å². The van der Waals surface area contributed by atoms with E-state index in [9.17, 15) is 4.79 Å². The van der Waals surface area contributed by atoms with Gasteiger partial charge in [0.05, 0.1) is 13.7 Å². The highest BCUT2D eigenvalue weighted by Gasteiger charge is 2.17. The van der Waals surface area contributed by atoms with Gasteiger partial charge in [0.2, 0.25) is 5.95 Å². The fourth-order valence-corrected chi connectivity index (χ4v) is 3.35. The number of benzene rings is 2. The minimum absolute atomic E-state index is 0.243. The number of aromatic nitrogens is 4. The molecular weight excluding hydrogens is 382 g/mol. The number of fused-ring (bicyclic) bond motifs is 1. The molecular formula is C22H23N5O3. The summed E-state index contributed by atoms with van der Waals surface area (Å²) in [6.45, 7) is 1.08. The third kappa shape index (κ3) is 4.18. The van der Waals surface area contributed by atoms with Crippen molar-refractivity contribution in [2.24, 2.45) is 0 Å². The third-order valence-corrected chi connectivity index (χ3v) is 4.85. The molecule has 0 aliphatic carbocycles. The van der Waals surface area contributed by atoms with Crippen molar-refractivity contribution in [2.45, 2.75) is 13.0 Å². The Bertz CT molecular complexity index is 1150. The van der Waals surface area contributed by atoms with Gasteiger partial charge in [0.25, 0.3) is 5.91 Å². The lowest BCUT2D eigenvalue weighted by molar-refractivity contribution is 0.101. The molecule has 4 aromatic rings. The van der Waals surface area contributed by atoms with E-state index in [-0.39, 0.29) is 11.9 Å². The summed E-state index contributed by atoms with van der Waals surface area (Å²) < 4.78 is 12.3. The lowest BCUT2D eigenvalue weighted by Gasteiger charge is -2.09. The number of carbonyl (C=O) groups is 1. The SMILES string of the molecule is COCCn1c(C(=O)Nc2n[nH]c(Cc3ccc(OC)cc3)n2)cc2ccccc21. The highest BCUT2D eigenvalue weighted by Crippen LogP contribution is 2.21. The van der Waals surface area contributed by atoms with Crippen molar-refractivity contribution in [3.05, 3.63) is 71.7 Å². The van der Waals surface area contributed by atoms with Gasteiger partial charge in [0.1, 0.15) is 17.3 Å². The molecule has 0 saturated heterocycles. The highest BCUT2D eigenvalue weighted by molar-refractivity contribution is 6.05. The molecule has 0 atom stereocenters. The Kier molecular flexibility index (Phi) is 5.76. The van der Waals surface area contributed by atoms with E-state index in [1.54, 1.807) is 14.2 Å². The van der Waals surface area contributed by atoms with Crippen LogP contribution in [0.2, 0.25) is 0 Å². The van der Waals surface area contributed by atoms with Crippen molar-refractivity contribution >= 4 is 22.8 Å². The van der Waals surface area contributed by atoms with E-state index in [1.165, 1.54) is 0 Å². The van der Waals surface area contributed by atoms with Gasteiger partial charge in [-0.3, -0.25) is 15.2 Å². The largest absolute Gasteiger partial charge is 0.497 e. The molecule has 2 aromatic heterocycles. The van der Waals surface area contributed by atoms with Crippen LogP contribution in [0.5, 0.6) is 5.75 Å². The Morgan fingerprint density at radius 3 is 2.70 bits per heavy atom. The molecule has 1 amide bonds. The zero-order valence-electron chi connectivity index (χ0n) is 16.9. The first kappa shape index (κ1) is 19.7. The summed E-state index contributed by atoms with van der Waals surface area (Å²) in [5.74, 6) is 1.44. The zero-order valence-corrected chi connectivity index (χ0v) is 16.9. The Balaban J connectivity index is 1.50. The van der Waals surface area contributed by atoms with Gasteiger partial charge in [-0.05, 0) is 29.8 Å². The minimum atomic E-state index is -0.266. The predicted molar refractivity (Wildman–Crippen MR) is 114 cm³/mol. The molecule has 0 unspecified atom stereocenters. The van der Waals surface area contributed by atoms with E-state index in [4.69, 9.17) is 9.47 Å². The molecule has 0 fully saturated rings. The molecule has 0 aliphatic rings. The fourth-order valence-electron chi connectivity index (χ4n) is 3.35. The maximum atomic E-state index is 12.9. The van der Waals surface area contributed by atoms with Gasteiger partial charge in [-0.2, -0.15) is 4.98 Å². The van der Waals surface area contributed by atoms with Crippen molar-refractivity contribution in [1.82, 2.24) is 19.7 Å². The normalized spacial score (nSPS) is 11.0. The predicted octanol–water partition coefficient (Wildman–Crippen LogP) is 3.26. The van der Waals surface area contributed by atoms with Crippen molar-refractivity contribution in [1.29, 1.82) is 0 Å². The Morgan fingerprint density at radius 2 is 1.93 bits per heavy atom. The number of H-pyrrole nitrogens is 1. The van der Waals surface area contributed by atoms with Crippen LogP contribution >= 0.6 is 0 Å². The van der Waals surface area contributed by atoms with E-state index >= 15 is 0 Å². The second-order valence-electron chi connectivity index (χ2n) is 6.82. The van der Waals surface area contributed by atoms with Crippen molar-refractivity contribution < 1.29 is 14.3 Å². The molecule has 30 heavy (non-hydrogen) atoms. The maximum Gasteiger partial charge on any atom is 0.274 e. The summed E-state index contributed by atoms with van der Waals surface area (Å²) in [6.07, 6.45) is 0.570. The molecule has 2 heterocycles. The quantitative estimate of drug-likeness (QED) is 0.469. The smallest absolute Gasteiger partial charge is 0.274 e. The molecule has 4 rings (SSSR count). The number of rotatable bonds is 8. The number of anilines is 1. The van der Waals surface area contributed by atoms with Crippen molar-refractivity contribution in [3.8, 4) is 5.75 Å². The van der Waals surface area contributed by atoms with Crippen LogP contribution in [0.25, 0.3) is 10.9 Å². The summed E-state index contributed by atoms with van der Waals surface area (Å²) >= 11 is 0. The summed E-state index contributed by atoms with van der Waals surface area (Å²) in [5, 5.41) is 10.8. The van der Waals surface area contributed by atoms with Crippen LogP contribution in [-0.2, 0) is 17.7 Å². The second kappa shape index (κ2) is 8.79. The number of methoxy groups -OCH3 is 2. The van der Waals surface area contributed by atoms with E-state index in [2.05, 4.69) is 20.5 Å². The van der Waals surface area contributed by atoms with Crippen LogP contribution in [0.1, 0.15) is 21.9 Å². The standard InChI is InChI=1S/C22H23N5O3/c1-29-12-11-27-18-6-4-3-5-16(18)14-19(27)21(28)24-22-23-20(25-26-22)13-15-7-9-17(30-2)10-8-15/h3-10,14H,11-13H2,1-2H3,(H2,23,24,25,26,28). The summed E-state index contributed by atoms with van der Waals surface area (Å²) in [4.78, 5) is 17.3. The van der Waals surface area contributed by atoms with Gasteiger partial charge >= 0.3 is 0 Å². The molecule has 0 radical (unpaired) electrons. The molecule has 0 aliphatic heterocycles. The number of carbonyl (C=O) groups excluding carboxylic acids is 1. The van der Waals surface area contributed by atoms with Gasteiger partial charge in [0.15, 0.2) is 0 Å². The van der Waals surface area contributed by atoms with Crippen LogP contribution in [0.3, 0.4) is 0 Å². The monoisotopic (exact) mass is 405 g/mol. The van der Waals surface area contributed by atoms with Crippen LogP contribution in [-0.4, -0.2) is 46.5 Å². The average Bonchev–Trinajstić information content (AvgIpc) is 3.37. The third-order valence-electron chi connectivity index (χ3n) is 4.85. The van der Waals surface area contributed by atoms with Crippen molar-refractivity contribution in [2.75, 3.05) is 26.1 Å². The molecule has 0 spiro atoms. The maximum absolute atomic E-state index is 12.9. The molecule has 8 heteroatoms. The van der Waals surface area contributed by atoms with E-state index < -0.39 is 0 Å². The summed E-state index contributed by atoms with van der Waals surface area (Å²) in [6, 6.07) is 17.5. The Labute approximate surface area is 173 Å². The van der Waals surface area contributed by atoms with Crippen molar-refractivity contribution in [3.63, 3.8) is 0 Å². The summed E-state index contributed by atoms with van der Waals surface area (Å²) in [7, 11) is 3.28. The van der Waals surface area contributed by atoms with Gasteiger partial charge in [-0.15, -0.1) is 5.10 Å². The lowest BCUT2D eigenvalue weighted by Crippen LogP contribution is -2.19. The lowest BCUT2D eigenvalue weighted by atomic mass is 10.1. The summed E-state index contributed by atoms with van der Waals surface area (Å²) in [5.41, 5.74) is 2.58. The molecule has 154 valence electrons. The number of nitrogens with zero attached hydrogens (tertiary/aromatic N) is 3. The Morgan fingerprint density at radius 1 is 1.13 bits per heavy atom. The van der Waals surface area contributed by atoms with E-state index in [0.717, 1.165) is 22.2 Å². The average molecular weight is 405 g/mol. The first-order valence-electron chi connectivity index (χ1n) is 9.60. The molecule has 0 bridgehead atoms. The molecule has 2 aromatic carbocycles. The number of amides is 1. The molecule has 2 N–H and O–H groups in total. The number of hydrogen-bond acceptors (Lipinski definition) is 5. The first-order valence-corrected chi connectivity index (χ1v) is 9.60. The minimum Gasteiger partial charge on any atom is -0.497 e. The second-order valence-corrected chi connectivity index (χ2v) is 6.82. The number of para-hydroxylation sites is 1. The fraction of sp³-hybridized carbons (Fsp3) is 0.227. The van der Waals surface area contributed by atoms with E-state index in [1.807, 2.05) is 59.2 Å². The van der Waals surface area contributed by atoms with Gasteiger partial charge < -0.3 is 14.0 Å². The number of ether oxygens (including phenoxy) is 2. The highest BCUT2D eigenvalue weighted by atomic mass is 16.5. The topological polar surface area (TPSA) is 94.1 Å². The molecule has 0 saturated carbocycles. The number of aromatic amines is 1. The van der Waals surface area contributed by atoms with Crippen LogP contribution < -0.4 is 10.1 Å². The van der Waals surface area contributed by atoms with Gasteiger partial charge in [-0.25, -0.2) is 0 Å². The van der Waals surface area contributed by atoms with E-state index in [0.29, 0.717) is 31.1 Å². The first-order chi connectivity index (χ1) is 14.7. The van der Waals surface area contributed by atoms with Crippen LogP contribution in [0.15, 0.2) is 54.6 Å². The van der Waals surface area contributed by atoms with Crippen LogP contribution in [0.4, 0.5) is 5.95 Å². The van der Waals surface area contributed by atoms with Gasteiger partial charge in [-0.1, -0.05) is 30.3 Å². The number of hydrogen-bond donors (Lipinski definition) is 2. The molecule has 8 nitrogen and oxygen atoms in total. The number of nitrogens with one attached hydrogen (secondary N) is 2. The zero-order chi connectivity index (χ0) is 20.9. The Hall–Kier alpha value is -3.65.